The average molecular weight is 375 g/mol. The smallest absolute Gasteiger partial charge is 0.337 e. The van der Waals surface area contributed by atoms with Crippen molar-refractivity contribution in [1.29, 1.82) is 0 Å². The molecule has 0 spiro atoms. The molecule has 0 saturated heterocycles. The summed E-state index contributed by atoms with van der Waals surface area (Å²) in [7, 11) is 1.39. The van der Waals surface area contributed by atoms with Crippen molar-refractivity contribution < 1.29 is 19.5 Å². The van der Waals surface area contributed by atoms with Gasteiger partial charge in [-0.2, -0.15) is 0 Å². The summed E-state index contributed by atoms with van der Waals surface area (Å²) >= 11 is 6.15. The van der Waals surface area contributed by atoms with Gasteiger partial charge in [-0.05, 0) is 31.2 Å². The highest BCUT2D eigenvalue weighted by Crippen LogP contribution is 2.22. The van der Waals surface area contributed by atoms with E-state index in [2.05, 4.69) is 0 Å². The van der Waals surface area contributed by atoms with Gasteiger partial charge in [-0.15, -0.1) is 11.6 Å². The second kappa shape index (κ2) is 8.49. The molecular formula is C19H19ClN2O4. The maximum atomic E-state index is 12.7. The number of halogens is 1. The third kappa shape index (κ3) is 4.03. The zero-order valence-corrected chi connectivity index (χ0v) is 15.2. The Balaban J connectivity index is 2.26. The first-order valence-corrected chi connectivity index (χ1v) is 8.42. The number of alkyl halides is 1. The maximum absolute atomic E-state index is 12.7. The van der Waals surface area contributed by atoms with E-state index in [-0.39, 0.29) is 11.3 Å². The van der Waals surface area contributed by atoms with E-state index >= 15 is 0 Å². The Labute approximate surface area is 156 Å². The third-order valence-electron chi connectivity index (χ3n) is 3.91. The topological polar surface area (TPSA) is 77.9 Å². The number of carbonyl (C=O) groups excluding carboxylic acids is 2. The molecule has 1 atom stereocenters. The lowest BCUT2D eigenvalue weighted by molar-refractivity contribution is -0.125. The van der Waals surface area contributed by atoms with Crippen molar-refractivity contribution in [3.63, 3.8) is 0 Å². The normalized spacial score (nSPS) is 11.5. The number of carboxylic acids is 1. The molecule has 7 heteroatoms. The minimum absolute atomic E-state index is 0.0462. The Morgan fingerprint density at radius 2 is 1.58 bits per heavy atom. The van der Waals surface area contributed by atoms with Gasteiger partial charge >= 0.3 is 5.97 Å². The van der Waals surface area contributed by atoms with E-state index in [9.17, 15) is 19.5 Å². The Kier molecular flexibility index (Phi) is 6.36. The SMILES string of the molecule is CCN(C(=O)C(Cl)C(=O)N(C)c1ccccc1C(=O)O)c1ccccc1. The van der Waals surface area contributed by atoms with Crippen molar-refractivity contribution >= 4 is 40.8 Å². The summed E-state index contributed by atoms with van der Waals surface area (Å²) in [6.07, 6.45) is 0. The summed E-state index contributed by atoms with van der Waals surface area (Å²) in [6.45, 7) is 2.12. The fraction of sp³-hybridized carbons (Fsp3) is 0.211. The van der Waals surface area contributed by atoms with Gasteiger partial charge in [-0.25, -0.2) is 4.79 Å². The third-order valence-corrected chi connectivity index (χ3v) is 4.28. The molecule has 2 aromatic rings. The number of anilines is 2. The predicted octanol–water partition coefficient (Wildman–Crippen LogP) is 3.01. The molecule has 0 aliphatic rings. The number of aromatic carboxylic acids is 1. The molecule has 0 bridgehead atoms. The molecule has 0 aliphatic heterocycles. The number of carboxylic acid groups (broad SMARTS) is 1. The maximum Gasteiger partial charge on any atom is 0.337 e. The summed E-state index contributed by atoms with van der Waals surface area (Å²) in [5.74, 6) is -2.43. The van der Waals surface area contributed by atoms with Crippen molar-refractivity contribution in [2.75, 3.05) is 23.4 Å². The molecule has 0 aliphatic carbocycles. The highest BCUT2D eigenvalue weighted by Gasteiger charge is 2.32. The number of para-hydroxylation sites is 2. The van der Waals surface area contributed by atoms with Crippen LogP contribution in [0.2, 0.25) is 0 Å². The number of nitrogens with zero attached hydrogens (tertiary/aromatic N) is 2. The van der Waals surface area contributed by atoms with E-state index in [0.29, 0.717) is 12.2 Å². The van der Waals surface area contributed by atoms with Crippen LogP contribution in [0.15, 0.2) is 54.6 Å². The van der Waals surface area contributed by atoms with Crippen LogP contribution in [0.1, 0.15) is 17.3 Å². The summed E-state index contributed by atoms with van der Waals surface area (Å²) in [5, 5.41) is 7.80. The van der Waals surface area contributed by atoms with Crippen LogP contribution in [0.4, 0.5) is 11.4 Å². The molecule has 2 rings (SSSR count). The minimum atomic E-state index is -1.47. The van der Waals surface area contributed by atoms with Crippen LogP contribution >= 0.6 is 11.6 Å². The Morgan fingerprint density at radius 1 is 1.00 bits per heavy atom. The van der Waals surface area contributed by atoms with Gasteiger partial charge in [0.1, 0.15) is 0 Å². The van der Waals surface area contributed by atoms with Gasteiger partial charge in [0.15, 0.2) is 5.38 Å². The van der Waals surface area contributed by atoms with Crippen molar-refractivity contribution in [1.82, 2.24) is 0 Å². The van der Waals surface area contributed by atoms with Crippen LogP contribution in [0.3, 0.4) is 0 Å². The van der Waals surface area contributed by atoms with Crippen LogP contribution in [-0.2, 0) is 9.59 Å². The predicted molar refractivity (Wildman–Crippen MR) is 101 cm³/mol. The zero-order valence-electron chi connectivity index (χ0n) is 14.4. The summed E-state index contributed by atoms with van der Waals surface area (Å²) < 4.78 is 0. The molecule has 0 aromatic heterocycles. The van der Waals surface area contributed by atoms with E-state index in [0.717, 1.165) is 4.90 Å². The minimum Gasteiger partial charge on any atom is -0.478 e. The second-order valence-electron chi connectivity index (χ2n) is 5.50. The lowest BCUT2D eigenvalue weighted by Gasteiger charge is -2.26. The number of hydrogen-bond donors (Lipinski definition) is 1. The first-order chi connectivity index (χ1) is 12.4. The second-order valence-corrected chi connectivity index (χ2v) is 5.94. The summed E-state index contributed by atoms with van der Waals surface area (Å²) in [5.41, 5.74) is 0.758. The van der Waals surface area contributed by atoms with Crippen molar-refractivity contribution in [3.8, 4) is 0 Å². The molecule has 0 radical (unpaired) electrons. The van der Waals surface area contributed by atoms with Gasteiger partial charge in [0, 0.05) is 19.3 Å². The quantitative estimate of drug-likeness (QED) is 0.622. The van der Waals surface area contributed by atoms with Gasteiger partial charge in [-0.3, -0.25) is 9.59 Å². The molecule has 2 aromatic carbocycles. The Morgan fingerprint density at radius 3 is 2.15 bits per heavy atom. The molecule has 6 nitrogen and oxygen atoms in total. The van der Waals surface area contributed by atoms with Crippen LogP contribution in [0.25, 0.3) is 0 Å². The van der Waals surface area contributed by atoms with E-state index in [1.54, 1.807) is 43.3 Å². The van der Waals surface area contributed by atoms with Gasteiger partial charge in [-0.1, -0.05) is 30.3 Å². The molecule has 2 amide bonds. The molecule has 136 valence electrons. The lowest BCUT2D eigenvalue weighted by atomic mass is 10.1. The van der Waals surface area contributed by atoms with Crippen molar-refractivity contribution in [2.45, 2.75) is 12.3 Å². The molecule has 26 heavy (non-hydrogen) atoms. The molecule has 1 N–H and O–H groups in total. The molecule has 1 unspecified atom stereocenters. The number of rotatable bonds is 6. The van der Waals surface area contributed by atoms with Crippen LogP contribution in [0, 0.1) is 0 Å². The van der Waals surface area contributed by atoms with Crippen LogP contribution < -0.4 is 9.80 Å². The summed E-state index contributed by atoms with van der Waals surface area (Å²) in [6, 6.07) is 14.9. The Hall–Kier alpha value is -2.86. The van der Waals surface area contributed by atoms with Crippen molar-refractivity contribution in [2.24, 2.45) is 0 Å². The van der Waals surface area contributed by atoms with Gasteiger partial charge < -0.3 is 14.9 Å². The molecule has 0 saturated carbocycles. The van der Waals surface area contributed by atoms with Crippen LogP contribution in [-0.4, -0.2) is 41.9 Å². The highest BCUT2D eigenvalue weighted by atomic mass is 35.5. The van der Waals surface area contributed by atoms with Crippen LogP contribution in [0.5, 0.6) is 0 Å². The number of amides is 2. The molecule has 0 fully saturated rings. The van der Waals surface area contributed by atoms with E-state index in [4.69, 9.17) is 11.6 Å². The van der Waals surface area contributed by atoms with E-state index in [1.165, 1.54) is 24.1 Å². The zero-order chi connectivity index (χ0) is 19.3. The van der Waals surface area contributed by atoms with E-state index < -0.39 is 23.2 Å². The fourth-order valence-electron chi connectivity index (χ4n) is 2.55. The standard InChI is InChI=1S/C19H19ClN2O4/c1-3-22(13-9-5-4-6-10-13)18(24)16(20)17(23)21(2)15-12-8-7-11-14(15)19(25)26/h4-12,16H,3H2,1-2H3,(H,25,26). The number of carbonyl (C=O) groups is 3. The average Bonchev–Trinajstić information content (AvgIpc) is 2.67. The van der Waals surface area contributed by atoms with Gasteiger partial charge in [0.05, 0.1) is 11.3 Å². The monoisotopic (exact) mass is 374 g/mol. The lowest BCUT2D eigenvalue weighted by Crippen LogP contribution is -2.45. The van der Waals surface area contributed by atoms with Gasteiger partial charge in [0.25, 0.3) is 11.8 Å². The van der Waals surface area contributed by atoms with Crippen molar-refractivity contribution in [3.05, 3.63) is 60.2 Å². The molecular weight excluding hydrogens is 356 g/mol. The first kappa shape index (κ1) is 19.5. The van der Waals surface area contributed by atoms with E-state index in [1.807, 2.05) is 6.07 Å². The fourth-order valence-corrected chi connectivity index (χ4v) is 2.82. The Bertz CT molecular complexity index is 810. The molecule has 0 heterocycles. The highest BCUT2D eigenvalue weighted by molar-refractivity contribution is 6.44. The number of hydrogen-bond acceptors (Lipinski definition) is 3. The first-order valence-electron chi connectivity index (χ1n) is 7.98. The largest absolute Gasteiger partial charge is 0.478 e. The van der Waals surface area contributed by atoms with Gasteiger partial charge in [0.2, 0.25) is 0 Å². The summed E-state index contributed by atoms with van der Waals surface area (Å²) in [4.78, 5) is 39.2. The number of benzene rings is 2.